The highest BCUT2D eigenvalue weighted by molar-refractivity contribution is 5.79. The molecule has 7 nitrogen and oxygen atoms in total. The first-order chi connectivity index (χ1) is 12.1. The second kappa shape index (κ2) is 13.3. The molecular weight excluding hydrogens is 318 g/mol. The van der Waals surface area contributed by atoms with Crippen LogP contribution in [0.5, 0.6) is 0 Å². The SMILES string of the molecule is CCNC(=NCC(C)N1CCOCC1C)NCCN(C)CCCOC. The number of hydrogen-bond donors (Lipinski definition) is 2. The molecule has 0 aliphatic carbocycles. The molecule has 0 aromatic carbocycles. The van der Waals surface area contributed by atoms with E-state index in [4.69, 9.17) is 14.5 Å². The molecule has 0 aromatic heterocycles. The predicted molar refractivity (Wildman–Crippen MR) is 104 cm³/mol. The number of aliphatic imine (C=N–C) groups is 1. The number of likely N-dealkylation sites (N-methyl/N-ethyl adjacent to an activating group) is 1. The molecule has 0 spiro atoms. The summed E-state index contributed by atoms with van der Waals surface area (Å²) in [5.74, 6) is 0.903. The Morgan fingerprint density at radius 1 is 1.40 bits per heavy atom. The summed E-state index contributed by atoms with van der Waals surface area (Å²) < 4.78 is 10.6. The molecule has 1 heterocycles. The molecule has 148 valence electrons. The lowest BCUT2D eigenvalue weighted by Gasteiger charge is -2.37. The number of hydrogen-bond acceptors (Lipinski definition) is 5. The van der Waals surface area contributed by atoms with E-state index in [-0.39, 0.29) is 0 Å². The van der Waals surface area contributed by atoms with E-state index in [0.29, 0.717) is 12.1 Å². The lowest BCUT2D eigenvalue weighted by Crippen LogP contribution is -2.49. The first-order valence-electron chi connectivity index (χ1n) is 9.61. The molecule has 0 amide bonds. The van der Waals surface area contributed by atoms with E-state index >= 15 is 0 Å². The van der Waals surface area contributed by atoms with Gasteiger partial charge in [-0.15, -0.1) is 0 Å². The third-order valence-corrected chi connectivity index (χ3v) is 4.52. The number of ether oxygens (including phenoxy) is 2. The fraction of sp³-hybridized carbons (Fsp3) is 0.944. The molecule has 1 fully saturated rings. The molecule has 2 unspecified atom stereocenters. The van der Waals surface area contributed by atoms with E-state index in [1.807, 2.05) is 0 Å². The fourth-order valence-corrected chi connectivity index (χ4v) is 3.02. The van der Waals surface area contributed by atoms with Crippen LogP contribution in [0.4, 0.5) is 0 Å². The van der Waals surface area contributed by atoms with E-state index in [1.165, 1.54) is 0 Å². The minimum absolute atomic E-state index is 0.422. The van der Waals surface area contributed by atoms with Crippen molar-refractivity contribution in [3.63, 3.8) is 0 Å². The zero-order chi connectivity index (χ0) is 18.5. The lowest BCUT2D eigenvalue weighted by molar-refractivity contribution is -0.0165. The number of guanidine groups is 1. The van der Waals surface area contributed by atoms with Crippen molar-refractivity contribution in [1.29, 1.82) is 0 Å². The third kappa shape index (κ3) is 9.39. The molecule has 25 heavy (non-hydrogen) atoms. The molecule has 1 rings (SSSR count). The van der Waals surface area contributed by atoms with E-state index < -0.39 is 0 Å². The highest BCUT2D eigenvalue weighted by Crippen LogP contribution is 2.10. The second-order valence-electron chi connectivity index (χ2n) is 6.81. The number of nitrogens with zero attached hydrogens (tertiary/aromatic N) is 3. The largest absolute Gasteiger partial charge is 0.385 e. The van der Waals surface area contributed by atoms with Crippen LogP contribution < -0.4 is 10.6 Å². The van der Waals surface area contributed by atoms with Crippen molar-refractivity contribution in [3.05, 3.63) is 0 Å². The second-order valence-corrected chi connectivity index (χ2v) is 6.81. The smallest absolute Gasteiger partial charge is 0.191 e. The minimum Gasteiger partial charge on any atom is -0.385 e. The van der Waals surface area contributed by atoms with Crippen LogP contribution in [0.25, 0.3) is 0 Å². The molecule has 1 aliphatic rings. The summed E-state index contributed by atoms with van der Waals surface area (Å²) in [6, 6.07) is 0.890. The normalized spacial score (nSPS) is 20.7. The molecule has 1 saturated heterocycles. The topological polar surface area (TPSA) is 61.4 Å². The number of morpholine rings is 1. The zero-order valence-corrected chi connectivity index (χ0v) is 16.9. The van der Waals surface area contributed by atoms with Gasteiger partial charge in [-0.05, 0) is 34.2 Å². The van der Waals surface area contributed by atoms with Crippen molar-refractivity contribution < 1.29 is 9.47 Å². The molecule has 2 N–H and O–H groups in total. The Morgan fingerprint density at radius 3 is 2.88 bits per heavy atom. The van der Waals surface area contributed by atoms with Crippen LogP contribution in [-0.4, -0.2) is 101 Å². The van der Waals surface area contributed by atoms with Gasteiger partial charge in [-0.3, -0.25) is 9.89 Å². The van der Waals surface area contributed by atoms with Crippen LogP contribution in [0.3, 0.4) is 0 Å². The molecular formula is C18H39N5O2. The summed E-state index contributed by atoms with van der Waals surface area (Å²) in [5.41, 5.74) is 0. The lowest BCUT2D eigenvalue weighted by atomic mass is 10.2. The van der Waals surface area contributed by atoms with E-state index in [0.717, 1.165) is 71.5 Å². The Kier molecular flexibility index (Phi) is 11.8. The van der Waals surface area contributed by atoms with Gasteiger partial charge in [-0.1, -0.05) is 0 Å². The Labute approximate surface area is 154 Å². The summed E-state index contributed by atoms with van der Waals surface area (Å²) in [5, 5.41) is 6.77. The van der Waals surface area contributed by atoms with Gasteiger partial charge >= 0.3 is 0 Å². The average Bonchev–Trinajstić information content (AvgIpc) is 2.60. The highest BCUT2D eigenvalue weighted by atomic mass is 16.5. The van der Waals surface area contributed by atoms with Crippen molar-refractivity contribution in [2.45, 2.75) is 39.3 Å². The van der Waals surface area contributed by atoms with Crippen molar-refractivity contribution in [1.82, 2.24) is 20.4 Å². The van der Waals surface area contributed by atoms with Gasteiger partial charge in [0.15, 0.2) is 5.96 Å². The van der Waals surface area contributed by atoms with Crippen LogP contribution >= 0.6 is 0 Å². The van der Waals surface area contributed by atoms with Crippen LogP contribution in [0.15, 0.2) is 4.99 Å². The standard InChI is InChI=1S/C18H39N5O2/c1-6-19-18(20-8-10-22(4)9-7-12-24-5)21-14-16(2)23-11-13-25-15-17(23)3/h16-17H,6-15H2,1-5H3,(H2,19,20,21). The molecule has 0 radical (unpaired) electrons. The van der Waals surface area contributed by atoms with E-state index in [1.54, 1.807) is 7.11 Å². The average molecular weight is 358 g/mol. The number of rotatable bonds is 11. The number of nitrogens with one attached hydrogen (secondary N) is 2. The summed E-state index contributed by atoms with van der Waals surface area (Å²) in [6.45, 7) is 14.6. The van der Waals surface area contributed by atoms with Gasteiger partial charge in [-0.2, -0.15) is 0 Å². The van der Waals surface area contributed by atoms with Gasteiger partial charge in [-0.25, -0.2) is 0 Å². The quantitative estimate of drug-likeness (QED) is 0.321. The van der Waals surface area contributed by atoms with Crippen LogP contribution in [-0.2, 0) is 9.47 Å². The van der Waals surface area contributed by atoms with Crippen molar-refractivity contribution in [3.8, 4) is 0 Å². The van der Waals surface area contributed by atoms with Gasteiger partial charge in [0.2, 0.25) is 0 Å². The number of methoxy groups -OCH3 is 1. The fourth-order valence-electron chi connectivity index (χ4n) is 3.02. The van der Waals surface area contributed by atoms with Crippen LogP contribution in [0, 0.1) is 0 Å². The Morgan fingerprint density at radius 2 is 2.20 bits per heavy atom. The molecule has 0 saturated carbocycles. The summed E-state index contributed by atoms with van der Waals surface area (Å²) >= 11 is 0. The Hall–Kier alpha value is -0.890. The summed E-state index contributed by atoms with van der Waals surface area (Å²) in [6.07, 6.45) is 1.07. The van der Waals surface area contributed by atoms with Gasteiger partial charge in [0.1, 0.15) is 0 Å². The summed E-state index contributed by atoms with van der Waals surface area (Å²) in [4.78, 5) is 9.57. The maximum Gasteiger partial charge on any atom is 0.191 e. The summed E-state index contributed by atoms with van der Waals surface area (Å²) in [7, 11) is 3.89. The van der Waals surface area contributed by atoms with Gasteiger partial charge in [0.25, 0.3) is 0 Å². The molecule has 0 aromatic rings. The monoisotopic (exact) mass is 357 g/mol. The molecule has 7 heteroatoms. The van der Waals surface area contributed by atoms with Gasteiger partial charge in [0, 0.05) is 58.5 Å². The zero-order valence-electron chi connectivity index (χ0n) is 16.9. The van der Waals surface area contributed by atoms with Crippen molar-refractivity contribution >= 4 is 5.96 Å². The first kappa shape index (κ1) is 22.2. The minimum atomic E-state index is 0.422. The Bertz CT molecular complexity index is 367. The predicted octanol–water partition coefficient (Wildman–Crippen LogP) is 0.619. The Balaban J connectivity index is 2.34. The van der Waals surface area contributed by atoms with Crippen LogP contribution in [0.1, 0.15) is 27.2 Å². The molecule has 2 atom stereocenters. The van der Waals surface area contributed by atoms with Crippen molar-refractivity contribution in [2.24, 2.45) is 4.99 Å². The van der Waals surface area contributed by atoms with E-state index in [2.05, 4.69) is 48.3 Å². The van der Waals surface area contributed by atoms with Crippen molar-refractivity contribution in [2.75, 3.05) is 73.2 Å². The maximum absolute atomic E-state index is 5.52. The van der Waals surface area contributed by atoms with Crippen LogP contribution in [0.2, 0.25) is 0 Å². The molecule has 1 aliphatic heterocycles. The van der Waals surface area contributed by atoms with Gasteiger partial charge in [0.05, 0.1) is 19.8 Å². The first-order valence-corrected chi connectivity index (χ1v) is 9.61. The van der Waals surface area contributed by atoms with Gasteiger partial charge < -0.3 is 25.0 Å². The van der Waals surface area contributed by atoms with E-state index in [9.17, 15) is 0 Å². The third-order valence-electron chi connectivity index (χ3n) is 4.52. The maximum atomic E-state index is 5.52. The molecule has 0 bridgehead atoms. The highest BCUT2D eigenvalue weighted by Gasteiger charge is 2.23.